The van der Waals surface area contributed by atoms with Crippen LogP contribution in [0.4, 0.5) is 4.39 Å². The molecule has 0 saturated carbocycles. The fourth-order valence-corrected chi connectivity index (χ4v) is 1.87. The first kappa shape index (κ1) is 16.2. The molecule has 114 valence electrons. The van der Waals surface area contributed by atoms with Gasteiger partial charge in [0.2, 0.25) is 5.88 Å². The number of aromatic nitrogens is 1. The number of hydrogen-bond donors (Lipinski definition) is 0. The lowest BCUT2D eigenvalue weighted by atomic mass is 10.2. The molecule has 0 aliphatic heterocycles. The van der Waals surface area contributed by atoms with Crippen molar-refractivity contribution in [3.63, 3.8) is 0 Å². The third kappa shape index (κ3) is 4.16. The Morgan fingerprint density at radius 1 is 1.32 bits per heavy atom. The molecule has 0 N–H and O–H groups in total. The second-order valence-corrected chi connectivity index (χ2v) is 4.80. The van der Waals surface area contributed by atoms with Crippen LogP contribution < -0.4 is 4.74 Å². The van der Waals surface area contributed by atoms with E-state index in [1.807, 2.05) is 0 Å². The van der Waals surface area contributed by atoms with Gasteiger partial charge in [-0.15, -0.1) is 0 Å². The number of halogens is 3. The number of benzene rings is 1. The Kier molecular flexibility index (Phi) is 5.30. The molecule has 0 atom stereocenters. The Hall–Kier alpha value is -2.18. The number of hydrogen-bond acceptors (Lipinski definition) is 5. The molecule has 22 heavy (non-hydrogen) atoms. The van der Waals surface area contributed by atoms with Crippen LogP contribution in [0.1, 0.15) is 15.9 Å². The molecule has 0 amide bonds. The van der Waals surface area contributed by atoms with Crippen molar-refractivity contribution in [2.24, 2.45) is 5.16 Å². The Morgan fingerprint density at radius 2 is 2.09 bits per heavy atom. The van der Waals surface area contributed by atoms with E-state index >= 15 is 0 Å². The summed E-state index contributed by atoms with van der Waals surface area (Å²) in [6, 6.07) is 6.64. The standard InChI is InChI=1S/C14H9Cl2FN2O3/c1-21-13-6-9(5-12(16)19-13)14(20)22-18-7-8-2-3-11(17)10(15)4-8/h2-7H,1H3. The summed E-state index contributed by atoms with van der Waals surface area (Å²) in [5, 5.41) is 3.54. The minimum absolute atomic E-state index is 0.0547. The molecule has 2 aromatic rings. The highest BCUT2D eigenvalue weighted by Gasteiger charge is 2.11. The molecule has 0 aliphatic rings. The highest BCUT2D eigenvalue weighted by Crippen LogP contribution is 2.17. The topological polar surface area (TPSA) is 60.8 Å². The average Bonchev–Trinajstić information content (AvgIpc) is 2.50. The van der Waals surface area contributed by atoms with Crippen LogP contribution in [0.25, 0.3) is 0 Å². The van der Waals surface area contributed by atoms with E-state index in [4.69, 9.17) is 32.8 Å². The van der Waals surface area contributed by atoms with E-state index in [2.05, 4.69) is 10.1 Å². The van der Waals surface area contributed by atoms with Crippen LogP contribution in [0.2, 0.25) is 10.2 Å². The molecule has 8 heteroatoms. The Balaban J connectivity index is 2.07. The van der Waals surface area contributed by atoms with Gasteiger partial charge in [0.05, 0.1) is 23.9 Å². The van der Waals surface area contributed by atoms with Gasteiger partial charge < -0.3 is 9.57 Å². The maximum atomic E-state index is 13.0. The van der Waals surface area contributed by atoms with E-state index in [9.17, 15) is 9.18 Å². The summed E-state index contributed by atoms with van der Waals surface area (Å²) in [4.78, 5) is 20.3. The second-order valence-electron chi connectivity index (χ2n) is 4.01. The van der Waals surface area contributed by atoms with Crippen molar-refractivity contribution in [1.82, 2.24) is 4.98 Å². The molecule has 0 aliphatic carbocycles. The van der Waals surface area contributed by atoms with Gasteiger partial charge in [0, 0.05) is 6.07 Å². The van der Waals surface area contributed by atoms with E-state index in [1.165, 1.54) is 43.7 Å². The minimum atomic E-state index is -0.743. The van der Waals surface area contributed by atoms with Crippen molar-refractivity contribution < 1.29 is 18.8 Å². The molecule has 1 aromatic carbocycles. The molecular formula is C14H9Cl2FN2O3. The lowest BCUT2D eigenvalue weighted by molar-refractivity contribution is 0.0518. The number of methoxy groups -OCH3 is 1. The first-order chi connectivity index (χ1) is 10.5. The SMILES string of the molecule is COc1cc(C(=O)ON=Cc2ccc(F)c(Cl)c2)cc(Cl)n1. The molecular weight excluding hydrogens is 334 g/mol. The summed E-state index contributed by atoms with van der Waals surface area (Å²) >= 11 is 11.4. The summed E-state index contributed by atoms with van der Waals surface area (Å²) in [7, 11) is 1.39. The molecule has 2 rings (SSSR count). The Morgan fingerprint density at radius 3 is 2.77 bits per heavy atom. The van der Waals surface area contributed by atoms with Crippen LogP contribution in [-0.4, -0.2) is 24.3 Å². The fraction of sp³-hybridized carbons (Fsp3) is 0.0714. The number of oxime groups is 1. The third-order valence-corrected chi connectivity index (χ3v) is 2.98. The lowest BCUT2D eigenvalue weighted by Gasteiger charge is -2.02. The monoisotopic (exact) mass is 342 g/mol. The second kappa shape index (κ2) is 7.20. The van der Waals surface area contributed by atoms with Crippen molar-refractivity contribution in [3.8, 4) is 5.88 Å². The number of ether oxygens (including phenoxy) is 1. The summed E-state index contributed by atoms with van der Waals surface area (Å²) in [6.45, 7) is 0. The van der Waals surface area contributed by atoms with E-state index in [1.54, 1.807) is 0 Å². The highest BCUT2D eigenvalue weighted by molar-refractivity contribution is 6.31. The van der Waals surface area contributed by atoms with Gasteiger partial charge in [0.25, 0.3) is 0 Å². The maximum Gasteiger partial charge on any atom is 0.366 e. The van der Waals surface area contributed by atoms with Gasteiger partial charge in [-0.05, 0) is 23.8 Å². The predicted molar refractivity (Wildman–Crippen MR) is 80.2 cm³/mol. The van der Waals surface area contributed by atoms with Crippen LogP contribution in [-0.2, 0) is 4.84 Å². The van der Waals surface area contributed by atoms with Gasteiger partial charge in [-0.1, -0.05) is 34.4 Å². The first-order valence-electron chi connectivity index (χ1n) is 5.91. The molecule has 0 radical (unpaired) electrons. The van der Waals surface area contributed by atoms with Crippen molar-refractivity contribution in [3.05, 3.63) is 57.5 Å². The van der Waals surface area contributed by atoms with E-state index < -0.39 is 11.8 Å². The molecule has 5 nitrogen and oxygen atoms in total. The van der Waals surface area contributed by atoms with Crippen LogP contribution in [0.5, 0.6) is 5.88 Å². The fourth-order valence-electron chi connectivity index (χ4n) is 1.48. The Bertz CT molecular complexity index is 738. The smallest absolute Gasteiger partial charge is 0.366 e. The molecule has 1 heterocycles. The van der Waals surface area contributed by atoms with Crippen molar-refractivity contribution in [2.75, 3.05) is 7.11 Å². The zero-order chi connectivity index (χ0) is 16.1. The molecule has 0 saturated heterocycles. The van der Waals surface area contributed by atoms with Crippen molar-refractivity contribution in [1.29, 1.82) is 0 Å². The Labute approximate surface area is 135 Å². The van der Waals surface area contributed by atoms with Gasteiger partial charge in [0.15, 0.2) is 0 Å². The molecule has 0 bridgehead atoms. The van der Waals surface area contributed by atoms with Gasteiger partial charge in [0.1, 0.15) is 11.0 Å². The average molecular weight is 343 g/mol. The van der Waals surface area contributed by atoms with Crippen LogP contribution in [0.15, 0.2) is 35.5 Å². The largest absolute Gasteiger partial charge is 0.481 e. The first-order valence-corrected chi connectivity index (χ1v) is 6.66. The van der Waals surface area contributed by atoms with Gasteiger partial charge in [-0.2, -0.15) is 0 Å². The van der Waals surface area contributed by atoms with Gasteiger partial charge >= 0.3 is 5.97 Å². The number of rotatable bonds is 4. The molecule has 0 unspecified atom stereocenters. The third-order valence-electron chi connectivity index (χ3n) is 2.50. The van der Waals surface area contributed by atoms with E-state index in [-0.39, 0.29) is 21.6 Å². The summed E-state index contributed by atoms with van der Waals surface area (Å²) in [5.74, 6) is -1.12. The quantitative estimate of drug-likeness (QED) is 0.367. The van der Waals surface area contributed by atoms with Gasteiger partial charge in [-0.3, -0.25) is 0 Å². The molecule has 0 spiro atoms. The summed E-state index contributed by atoms with van der Waals surface area (Å²) < 4.78 is 17.9. The number of pyridine rings is 1. The van der Waals surface area contributed by atoms with Crippen LogP contribution >= 0.6 is 23.2 Å². The van der Waals surface area contributed by atoms with E-state index in [0.717, 1.165) is 0 Å². The zero-order valence-electron chi connectivity index (χ0n) is 11.2. The highest BCUT2D eigenvalue weighted by atomic mass is 35.5. The van der Waals surface area contributed by atoms with Crippen molar-refractivity contribution in [2.45, 2.75) is 0 Å². The van der Waals surface area contributed by atoms with Crippen LogP contribution in [0.3, 0.4) is 0 Å². The minimum Gasteiger partial charge on any atom is -0.481 e. The van der Waals surface area contributed by atoms with Crippen LogP contribution in [0, 0.1) is 5.82 Å². The molecule has 1 aromatic heterocycles. The molecule has 0 fully saturated rings. The predicted octanol–water partition coefficient (Wildman–Crippen LogP) is 3.73. The summed E-state index contributed by atoms with van der Waals surface area (Å²) in [6.07, 6.45) is 1.23. The normalized spacial score (nSPS) is 10.7. The number of nitrogens with zero attached hydrogens (tertiary/aromatic N) is 2. The number of carbonyl (C=O) groups is 1. The van der Waals surface area contributed by atoms with Gasteiger partial charge in [-0.25, -0.2) is 14.2 Å². The van der Waals surface area contributed by atoms with Crippen molar-refractivity contribution >= 4 is 35.4 Å². The summed E-state index contributed by atoms with van der Waals surface area (Å²) in [5.41, 5.74) is 0.607. The lowest BCUT2D eigenvalue weighted by Crippen LogP contribution is -2.03. The maximum absolute atomic E-state index is 13.0. The van der Waals surface area contributed by atoms with E-state index in [0.29, 0.717) is 5.56 Å². The number of carbonyl (C=O) groups excluding carboxylic acids is 1. The zero-order valence-corrected chi connectivity index (χ0v) is 12.7.